The van der Waals surface area contributed by atoms with Gasteiger partial charge in [-0.15, -0.1) is 24.8 Å². The number of nitrogens with two attached hydrogens (primary N) is 1. The molecule has 2 unspecified atom stereocenters. The van der Waals surface area contributed by atoms with Crippen LogP contribution in [-0.4, -0.2) is 40.3 Å². The van der Waals surface area contributed by atoms with Crippen molar-refractivity contribution in [2.24, 2.45) is 11.1 Å². The summed E-state index contributed by atoms with van der Waals surface area (Å²) in [5, 5.41) is 2.95. The summed E-state index contributed by atoms with van der Waals surface area (Å²) in [5.74, 6) is -0.0749. The molecule has 3 N–H and O–H groups in total. The minimum atomic E-state index is -0.832. The Balaban J connectivity index is 0.00000242. The van der Waals surface area contributed by atoms with Crippen molar-refractivity contribution < 1.29 is 9.53 Å². The molecule has 2 rings (SSSR count). The van der Waals surface area contributed by atoms with Crippen molar-refractivity contribution in [3.05, 3.63) is 18.7 Å². The van der Waals surface area contributed by atoms with Crippen LogP contribution < -0.4 is 11.1 Å². The van der Waals surface area contributed by atoms with Gasteiger partial charge in [-0.3, -0.25) is 4.79 Å². The van der Waals surface area contributed by atoms with Gasteiger partial charge in [0.25, 0.3) is 0 Å². The molecular formula is C15H28Cl2N4O2. The van der Waals surface area contributed by atoms with E-state index >= 15 is 0 Å². The van der Waals surface area contributed by atoms with Crippen LogP contribution >= 0.6 is 24.8 Å². The van der Waals surface area contributed by atoms with E-state index in [0.717, 1.165) is 13.0 Å². The number of nitrogens with one attached hydrogen (secondary N) is 1. The molecule has 0 bridgehead atoms. The topological polar surface area (TPSA) is 82.2 Å². The monoisotopic (exact) mass is 366 g/mol. The third-order valence-corrected chi connectivity index (χ3v) is 4.67. The number of aromatic nitrogens is 2. The van der Waals surface area contributed by atoms with Crippen LogP contribution in [0.15, 0.2) is 18.7 Å². The fraction of sp³-hybridized carbons (Fsp3) is 0.733. The first kappa shape index (κ1) is 22.2. The molecule has 6 nitrogen and oxygen atoms in total. The minimum absolute atomic E-state index is 0. The first-order valence-corrected chi connectivity index (χ1v) is 7.56. The molecule has 0 aromatic carbocycles. The molecule has 0 aliphatic heterocycles. The molecule has 1 heterocycles. The largest absolute Gasteiger partial charge is 0.378 e. The van der Waals surface area contributed by atoms with Gasteiger partial charge in [0.1, 0.15) is 5.54 Å². The summed E-state index contributed by atoms with van der Waals surface area (Å²) in [5.41, 5.74) is 5.15. The average molecular weight is 367 g/mol. The molecule has 1 aliphatic carbocycles. The quantitative estimate of drug-likeness (QED) is 0.720. The lowest BCUT2D eigenvalue weighted by Gasteiger charge is -2.57. The van der Waals surface area contributed by atoms with Crippen LogP contribution in [0.2, 0.25) is 0 Å². The highest BCUT2D eigenvalue weighted by molar-refractivity contribution is 5.88. The van der Waals surface area contributed by atoms with Gasteiger partial charge in [-0.1, -0.05) is 13.8 Å². The highest BCUT2D eigenvalue weighted by Gasteiger charge is 2.62. The molecule has 1 aliphatic rings. The smallest absolute Gasteiger partial charge is 0.240 e. The summed E-state index contributed by atoms with van der Waals surface area (Å²) in [6.07, 6.45) is 6.93. The van der Waals surface area contributed by atoms with Gasteiger partial charge in [-0.25, -0.2) is 4.98 Å². The molecule has 0 radical (unpaired) electrons. The zero-order valence-electron chi connectivity index (χ0n) is 13.9. The van der Waals surface area contributed by atoms with E-state index in [2.05, 4.69) is 10.3 Å². The van der Waals surface area contributed by atoms with E-state index in [1.165, 1.54) is 0 Å². The maximum atomic E-state index is 12.4. The Hall–Kier alpha value is -0.820. The molecule has 1 aromatic heterocycles. The summed E-state index contributed by atoms with van der Waals surface area (Å²) in [6, 6.07) is 0. The Kier molecular flexibility index (Phi) is 8.56. The lowest BCUT2D eigenvalue weighted by Crippen LogP contribution is -2.75. The Labute approximate surface area is 150 Å². The Morgan fingerprint density at radius 1 is 1.48 bits per heavy atom. The highest BCUT2D eigenvalue weighted by Crippen LogP contribution is 2.49. The first-order chi connectivity index (χ1) is 9.91. The number of aryl methyl sites for hydroxylation is 1. The molecule has 1 aromatic rings. The van der Waals surface area contributed by atoms with Crippen molar-refractivity contribution in [1.82, 2.24) is 14.9 Å². The molecule has 1 fully saturated rings. The predicted octanol–water partition coefficient (Wildman–Crippen LogP) is 1.77. The second-order valence-electron chi connectivity index (χ2n) is 6.25. The lowest BCUT2D eigenvalue weighted by atomic mass is 9.54. The number of carbonyl (C=O) groups is 1. The number of amides is 1. The van der Waals surface area contributed by atoms with E-state index in [1.807, 2.05) is 31.5 Å². The predicted molar refractivity (Wildman–Crippen MR) is 95.1 cm³/mol. The highest BCUT2D eigenvalue weighted by atomic mass is 35.5. The summed E-state index contributed by atoms with van der Waals surface area (Å²) in [6.45, 7) is 8.07. The molecule has 1 amide bonds. The van der Waals surface area contributed by atoms with Crippen LogP contribution in [0.25, 0.3) is 0 Å². The van der Waals surface area contributed by atoms with Crippen molar-refractivity contribution >= 4 is 30.7 Å². The van der Waals surface area contributed by atoms with Gasteiger partial charge in [-0.05, 0) is 13.3 Å². The summed E-state index contributed by atoms with van der Waals surface area (Å²) in [4.78, 5) is 16.3. The Morgan fingerprint density at radius 3 is 2.70 bits per heavy atom. The third kappa shape index (κ3) is 4.38. The Bertz CT molecular complexity index is 482. The van der Waals surface area contributed by atoms with Crippen molar-refractivity contribution in [3.8, 4) is 0 Å². The number of rotatable bonds is 7. The number of hydrogen-bond donors (Lipinski definition) is 2. The van der Waals surface area contributed by atoms with Crippen LogP contribution in [0.1, 0.15) is 33.6 Å². The van der Waals surface area contributed by atoms with E-state index in [9.17, 15) is 4.79 Å². The second kappa shape index (κ2) is 8.87. The third-order valence-electron chi connectivity index (χ3n) is 4.67. The second-order valence-corrected chi connectivity index (χ2v) is 6.25. The van der Waals surface area contributed by atoms with Crippen LogP contribution in [0, 0.1) is 5.41 Å². The molecule has 2 atom stereocenters. The minimum Gasteiger partial charge on any atom is -0.378 e. The van der Waals surface area contributed by atoms with Crippen molar-refractivity contribution in [2.45, 2.75) is 51.8 Å². The van der Waals surface area contributed by atoms with Gasteiger partial charge < -0.3 is 20.4 Å². The number of halogens is 2. The standard InChI is InChI=1S/C15H26N4O2.2ClH/c1-4-21-12-10-15(16,14(12,2)3)13(20)18-6-5-8-19-9-7-17-11-19;;/h7,9,11-12H,4-6,8,10,16H2,1-3H3,(H,18,20);2*1H. The van der Waals surface area contributed by atoms with E-state index in [4.69, 9.17) is 10.5 Å². The molecule has 8 heteroatoms. The number of carbonyl (C=O) groups excluding carboxylic acids is 1. The summed E-state index contributed by atoms with van der Waals surface area (Å²) < 4.78 is 7.63. The lowest BCUT2D eigenvalue weighted by molar-refractivity contribution is -0.170. The van der Waals surface area contributed by atoms with Crippen molar-refractivity contribution in [3.63, 3.8) is 0 Å². The van der Waals surface area contributed by atoms with Gasteiger partial charge >= 0.3 is 0 Å². The molecule has 23 heavy (non-hydrogen) atoms. The zero-order chi connectivity index (χ0) is 15.5. The maximum absolute atomic E-state index is 12.4. The van der Waals surface area contributed by atoms with Gasteiger partial charge in [0, 0.05) is 43.9 Å². The fourth-order valence-corrected chi connectivity index (χ4v) is 2.86. The summed E-state index contributed by atoms with van der Waals surface area (Å²) in [7, 11) is 0. The first-order valence-electron chi connectivity index (χ1n) is 7.56. The average Bonchev–Trinajstić information content (AvgIpc) is 2.96. The van der Waals surface area contributed by atoms with Gasteiger partial charge in [0.15, 0.2) is 0 Å². The number of ether oxygens (including phenoxy) is 1. The number of imidazole rings is 1. The van der Waals surface area contributed by atoms with Crippen LogP contribution in [0.4, 0.5) is 0 Å². The van der Waals surface area contributed by atoms with Crippen molar-refractivity contribution in [1.29, 1.82) is 0 Å². The SMILES string of the molecule is CCOC1CC(N)(C(=O)NCCCn2ccnc2)C1(C)C.Cl.Cl. The fourth-order valence-electron chi connectivity index (χ4n) is 2.86. The van der Waals surface area contributed by atoms with Crippen LogP contribution in [0.5, 0.6) is 0 Å². The van der Waals surface area contributed by atoms with Gasteiger partial charge in [0.2, 0.25) is 5.91 Å². The Morgan fingerprint density at radius 2 is 2.17 bits per heavy atom. The molecular weight excluding hydrogens is 339 g/mol. The maximum Gasteiger partial charge on any atom is 0.240 e. The van der Waals surface area contributed by atoms with Gasteiger partial charge in [-0.2, -0.15) is 0 Å². The molecule has 134 valence electrons. The van der Waals surface area contributed by atoms with E-state index in [0.29, 0.717) is 19.6 Å². The van der Waals surface area contributed by atoms with Crippen LogP contribution in [-0.2, 0) is 16.1 Å². The summed E-state index contributed by atoms with van der Waals surface area (Å²) >= 11 is 0. The normalized spacial score (nSPS) is 24.8. The number of hydrogen-bond acceptors (Lipinski definition) is 4. The molecule has 1 saturated carbocycles. The van der Waals surface area contributed by atoms with Gasteiger partial charge in [0.05, 0.1) is 12.4 Å². The van der Waals surface area contributed by atoms with E-state index in [1.54, 1.807) is 12.5 Å². The van der Waals surface area contributed by atoms with Crippen LogP contribution in [0.3, 0.4) is 0 Å². The van der Waals surface area contributed by atoms with E-state index in [-0.39, 0.29) is 42.2 Å². The van der Waals surface area contributed by atoms with E-state index < -0.39 is 5.54 Å². The number of nitrogens with zero attached hydrogens (tertiary/aromatic N) is 2. The van der Waals surface area contributed by atoms with Crippen molar-refractivity contribution in [2.75, 3.05) is 13.2 Å². The molecule has 0 spiro atoms. The zero-order valence-corrected chi connectivity index (χ0v) is 15.6. The molecule has 0 saturated heterocycles.